The molecule has 0 fully saturated rings. The predicted molar refractivity (Wildman–Crippen MR) is 67.1 cm³/mol. The molecule has 17 heavy (non-hydrogen) atoms. The number of imidazole rings is 1. The number of benzene rings is 1. The van der Waals surface area contributed by atoms with Crippen LogP contribution in [-0.2, 0) is 6.42 Å². The van der Waals surface area contributed by atoms with Gasteiger partial charge < -0.3 is 10.8 Å². The van der Waals surface area contributed by atoms with Gasteiger partial charge in [0, 0.05) is 18.0 Å². The van der Waals surface area contributed by atoms with E-state index in [0.717, 1.165) is 28.7 Å². The smallest absolute Gasteiger partial charge is 0.137 e. The number of hydrogen-bond donors (Lipinski definition) is 2. The number of nitrogens with zero attached hydrogens (tertiary/aromatic N) is 2. The summed E-state index contributed by atoms with van der Waals surface area (Å²) < 4.78 is 2.03. The number of pyridine rings is 1. The minimum absolute atomic E-state index is 0.277. The maximum absolute atomic E-state index is 9.45. The summed E-state index contributed by atoms with van der Waals surface area (Å²) >= 11 is 0. The number of fused-ring (bicyclic) bond motifs is 3. The quantitative estimate of drug-likeness (QED) is 0.700. The van der Waals surface area contributed by atoms with Crippen LogP contribution in [0, 0.1) is 0 Å². The fourth-order valence-corrected chi connectivity index (χ4v) is 2.08. The van der Waals surface area contributed by atoms with Crippen LogP contribution in [0.25, 0.3) is 16.6 Å². The molecular formula is C13H13N3O. The van der Waals surface area contributed by atoms with Gasteiger partial charge in [-0.05, 0) is 36.9 Å². The average molecular weight is 227 g/mol. The highest BCUT2D eigenvalue weighted by Gasteiger charge is 2.04. The van der Waals surface area contributed by atoms with Crippen molar-refractivity contribution in [2.75, 3.05) is 6.54 Å². The number of hydrogen-bond acceptors (Lipinski definition) is 3. The Morgan fingerprint density at radius 2 is 2.12 bits per heavy atom. The van der Waals surface area contributed by atoms with Crippen molar-refractivity contribution in [1.82, 2.24) is 9.38 Å². The molecule has 0 bridgehead atoms. The second kappa shape index (κ2) is 3.75. The Balaban J connectivity index is 2.31. The highest BCUT2D eigenvalue weighted by molar-refractivity contribution is 5.83. The van der Waals surface area contributed by atoms with Gasteiger partial charge in [-0.15, -0.1) is 0 Å². The van der Waals surface area contributed by atoms with Crippen molar-refractivity contribution in [1.29, 1.82) is 0 Å². The molecule has 0 aliphatic rings. The van der Waals surface area contributed by atoms with Crippen LogP contribution >= 0.6 is 0 Å². The fraction of sp³-hybridized carbons (Fsp3) is 0.154. The van der Waals surface area contributed by atoms with Crippen molar-refractivity contribution in [2.45, 2.75) is 6.42 Å². The van der Waals surface area contributed by atoms with E-state index in [1.165, 1.54) is 0 Å². The Morgan fingerprint density at radius 1 is 1.24 bits per heavy atom. The molecule has 0 radical (unpaired) electrons. The summed E-state index contributed by atoms with van der Waals surface area (Å²) in [5, 5.41) is 10.4. The zero-order valence-electron chi connectivity index (χ0n) is 9.30. The summed E-state index contributed by atoms with van der Waals surface area (Å²) in [5.41, 5.74) is 8.47. The first-order valence-corrected chi connectivity index (χ1v) is 5.58. The van der Waals surface area contributed by atoms with Gasteiger partial charge in [-0.3, -0.25) is 4.40 Å². The van der Waals surface area contributed by atoms with Crippen LogP contribution in [0.15, 0.2) is 36.5 Å². The molecule has 3 rings (SSSR count). The van der Waals surface area contributed by atoms with Crippen molar-refractivity contribution in [2.24, 2.45) is 5.73 Å². The summed E-state index contributed by atoms with van der Waals surface area (Å²) in [6.45, 7) is 0.600. The first kappa shape index (κ1) is 10.1. The minimum Gasteiger partial charge on any atom is -0.508 e. The highest BCUT2D eigenvalue weighted by atomic mass is 16.3. The van der Waals surface area contributed by atoms with Gasteiger partial charge >= 0.3 is 0 Å². The number of aromatic nitrogens is 2. The van der Waals surface area contributed by atoms with E-state index in [2.05, 4.69) is 4.98 Å². The molecule has 0 saturated carbocycles. The second-order valence-corrected chi connectivity index (χ2v) is 4.08. The van der Waals surface area contributed by atoms with E-state index < -0.39 is 0 Å². The van der Waals surface area contributed by atoms with Crippen molar-refractivity contribution >= 4 is 16.6 Å². The van der Waals surface area contributed by atoms with Crippen LogP contribution in [0.1, 0.15) is 5.69 Å². The lowest BCUT2D eigenvalue weighted by atomic mass is 10.2. The van der Waals surface area contributed by atoms with E-state index in [1.54, 1.807) is 12.1 Å². The molecule has 4 nitrogen and oxygen atoms in total. The maximum atomic E-state index is 9.45. The zero-order valence-corrected chi connectivity index (χ0v) is 9.30. The Morgan fingerprint density at radius 3 is 2.94 bits per heavy atom. The van der Waals surface area contributed by atoms with Crippen molar-refractivity contribution in [3.63, 3.8) is 0 Å². The normalized spacial score (nSPS) is 11.4. The molecule has 0 unspecified atom stereocenters. The molecular weight excluding hydrogens is 214 g/mol. The molecule has 3 aromatic rings. The Hall–Kier alpha value is -2.07. The summed E-state index contributed by atoms with van der Waals surface area (Å²) in [6.07, 6.45) is 2.78. The lowest BCUT2D eigenvalue weighted by molar-refractivity contribution is 0.476. The number of nitrogens with two attached hydrogens (primary N) is 1. The lowest BCUT2D eigenvalue weighted by Crippen LogP contribution is -2.02. The molecule has 0 atom stereocenters. The first-order chi connectivity index (χ1) is 8.28. The Kier molecular flexibility index (Phi) is 2.23. The van der Waals surface area contributed by atoms with Crippen LogP contribution in [0.2, 0.25) is 0 Å². The van der Waals surface area contributed by atoms with Gasteiger partial charge in [-0.1, -0.05) is 0 Å². The molecule has 0 amide bonds. The van der Waals surface area contributed by atoms with Crippen LogP contribution in [0.4, 0.5) is 0 Å². The molecule has 0 aliphatic heterocycles. The summed E-state index contributed by atoms with van der Waals surface area (Å²) in [7, 11) is 0. The SMILES string of the molecule is NCCc1cn2c(ccc3cc(O)ccc32)n1. The Bertz CT molecular complexity index is 688. The van der Waals surface area contributed by atoms with E-state index in [0.29, 0.717) is 6.54 Å². The average Bonchev–Trinajstić information content (AvgIpc) is 2.72. The van der Waals surface area contributed by atoms with E-state index in [4.69, 9.17) is 5.73 Å². The third-order valence-corrected chi connectivity index (χ3v) is 2.87. The minimum atomic E-state index is 0.277. The van der Waals surface area contributed by atoms with Gasteiger partial charge in [0.2, 0.25) is 0 Å². The van der Waals surface area contributed by atoms with Gasteiger partial charge in [0.05, 0.1) is 11.2 Å². The van der Waals surface area contributed by atoms with Crippen LogP contribution in [-0.4, -0.2) is 21.0 Å². The summed E-state index contributed by atoms with van der Waals surface area (Å²) in [5.74, 6) is 0.277. The van der Waals surface area contributed by atoms with E-state index in [9.17, 15) is 5.11 Å². The van der Waals surface area contributed by atoms with E-state index in [-0.39, 0.29) is 5.75 Å². The molecule has 2 aromatic heterocycles. The van der Waals surface area contributed by atoms with Crippen molar-refractivity contribution in [3.8, 4) is 5.75 Å². The molecule has 0 spiro atoms. The maximum Gasteiger partial charge on any atom is 0.137 e. The lowest BCUT2D eigenvalue weighted by Gasteiger charge is -2.01. The van der Waals surface area contributed by atoms with Crippen LogP contribution < -0.4 is 5.73 Å². The third kappa shape index (κ3) is 1.62. The van der Waals surface area contributed by atoms with E-state index >= 15 is 0 Å². The standard InChI is InChI=1S/C13H13N3O/c14-6-5-10-8-16-12-3-2-11(17)7-9(12)1-4-13(16)15-10/h1-4,7-8,17H,5-6,14H2. The van der Waals surface area contributed by atoms with Gasteiger partial charge in [0.25, 0.3) is 0 Å². The molecule has 86 valence electrons. The molecule has 0 saturated heterocycles. The van der Waals surface area contributed by atoms with Gasteiger partial charge in [0.15, 0.2) is 0 Å². The number of rotatable bonds is 2. The number of phenols is 1. The molecule has 3 N–H and O–H groups in total. The molecule has 2 heterocycles. The monoisotopic (exact) mass is 227 g/mol. The van der Waals surface area contributed by atoms with Crippen LogP contribution in [0.5, 0.6) is 5.75 Å². The number of phenolic OH excluding ortho intramolecular Hbond substituents is 1. The van der Waals surface area contributed by atoms with Gasteiger partial charge in [-0.25, -0.2) is 4.98 Å². The largest absolute Gasteiger partial charge is 0.508 e. The predicted octanol–water partition coefficient (Wildman–Crippen LogP) is 1.69. The van der Waals surface area contributed by atoms with Gasteiger partial charge in [0.1, 0.15) is 11.4 Å². The number of aromatic hydroxyl groups is 1. The van der Waals surface area contributed by atoms with Crippen molar-refractivity contribution < 1.29 is 5.11 Å². The first-order valence-electron chi connectivity index (χ1n) is 5.58. The van der Waals surface area contributed by atoms with Crippen LogP contribution in [0.3, 0.4) is 0 Å². The zero-order chi connectivity index (χ0) is 11.8. The Labute approximate surface area is 98.3 Å². The van der Waals surface area contributed by atoms with Crippen molar-refractivity contribution in [3.05, 3.63) is 42.2 Å². The van der Waals surface area contributed by atoms with Gasteiger partial charge in [-0.2, -0.15) is 0 Å². The molecule has 0 aliphatic carbocycles. The summed E-state index contributed by atoms with van der Waals surface area (Å²) in [4.78, 5) is 4.50. The summed E-state index contributed by atoms with van der Waals surface area (Å²) in [6, 6.07) is 9.23. The molecule has 1 aromatic carbocycles. The highest BCUT2D eigenvalue weighted by Crippen LogP contribution is 2.21. The second-order valence-electron chi connectivity index (χ2n) is 4.08. The molecule has 4 heteroatoms. The van der Waals surface area contributed by atoms with E-state index in [1.807, 2.05) is 28.8 Å². The topological polar surface area (TPSA) is 63.5 Å². The fourth-order valence-electron chi connectivity index (χ4n) is 2.08. The third-order valence-electron chi connectivity index (χ3n) is 2.87.